The highest BCUT2D eigenvalue weighted by Crippen LogP contribution is 2.58. The minimum Gasteiger partial charge on any atom is -0.447 e. The van der Waals surface area contributed by atoms with Gasteiger partial charge in [0.2, 0.25) is 11.8 Å². The number of nitrogens with one attached hydrogen (secondary N) is 1. The normalized spacial score (nSPS) is 19.5. The number of carbonyl (C=O) groups is 2. The van der Waals surface area contributed by atoms with Crippen LogP contribution in [-0.4, -0.2) is 51.9 Å². The zero-order chi connectivity index (χ0) is 27.8. The highest BCUT2D eigenvalue weighted by molar-refractivity contribution is 5.78. The van der Waals surface area contributed by atoms with E-state index in [-0.39, 0.29) is 43.6 Å². The molecule has 2 atom stereocenters. The Hall–Kier alpha value is -3.32. The van der Waals surface area contributed by atoms with Crippen molar-refractivity contribution in [3.8, 4) is 0 Å². The van der Waals surface area contributed by atoms with Gasteiger partial charge in [0.05, 0.1) is 12.1 Å². The first-order valence-corrected chi connectivity index (χ1v) is 12.1. The van der Waals surface area contributed by atoms with E-state index < -0.39 is 65.1 Å². The summed E-state index contributed by atoms with van der Waals surface area (Å²) in [6.07, 6.45) is -6.14. The lowest BCUT2D eigenvalue weighted by Gasteiger charge is -2.26. The summed E-state index contributed by atoms with van der Waals surface area (Å²) in [6, 6.07) is -0.818. The Morgan fingerprint density at radius 1 is 1.18 bits per heavy atom. The lowest BCUT2D eigenvalue weighted by molar-refractivity contribution is -0.166. The van der Waals surface area contributed by atoms with E-state index in [1.165, 1.54) is 4.90 Å². The molecular formula is C24H26F6N4O4. The maximum Gasteiger partial charge on any atom is 0.407 e. The van der Waals surface area contributed by atoms with Gasteiger partial charge < -0.3 is 19.5 Å². The maximum absolute atomic E-state index is 14.3. The van der Waals surface area contributed by atoms with Crippen LogP contribution in [0.4, 0.5) is 31.1 Å². The predicted molar refractivity (Wildman–Crippen MR) is 118 cm³/mol. The summed E-state index contributed by atoms with van der Waals surface area (Å²) in [5.74, 6) is -4.87. The minimum atomic E-state index is -4.54. The Labute approximate surface area is 213 Å². The van der Waals surface area contributed by atoms with Crippen LogP contribution in [0.15, 0.2) is 16.7 Å². The number of nitrogens with zero attached hydrogens (tertiary/aromatic N) is 3. The van der Waals surface area contributed by atoms with Crippen molar-refractivity contribution in [2.75, 3.05) is 6.54 Å². The minimum absolute atomic E-state index is 0.0586. The number of hydrogen-bond acceptors (Lipinski definition) is 6. The predicted octanol–water partition coefficient (Wildman–Crippen LogP) is 4.88. The van der Waals surface area contributed by atoms with Crippen molar-refractivity contribution in [1.82, 2.24) is 20.4 Å². The molecule has 8 nitrogen and oxygen atoms in total. The van der Waals surface area contributed by atoms with Gasteiger partial charge in [0.15, 0.2) is 17.5 Å². The molecule has 2 aromatic rings. The summed E-state index contributed by atoms with van der Waals surface area (Å²) in [5, 5.41) is 6.16. The standard InChI is InChI=1S/C24H26F6N4O4/c1-12(2)37-22(36)31-14(8-13-9-16(26)17(27)11-15(13)25)10-19(35)34-7-3-4-18(34)20-32-21(38-33-20)23(5-6-23)24(28,29)30/h9,11-12,14,18H,3-8,10H2,1-2H3,(H,31,36)/t14-,18+/m1/s1. The van der Waals surface area contributed by atoms with Crippen LogP contribution in [0.2, 0.25) is 0 Å². The molecule has 0 bridgehead atoms. The molecule has 38 heavy (non-hydrogen) atoms. The number of amides is 2. The largest absolute Gasteiger partial charge is 0.447 e. The number of hydrogen-bond donors (Lipinski definition) is 1. The monoisotopic (exact) mass is 548 g/mol. The Balaban J connectivity index is 1.51. The van der Waals surface area contributed by atoms with Gasteiger partial charge in [-0.15, -0.1) is 0 Å². The Bertz CT molecular complexity index is 1200. The van der Waals surface area contributed by atoms with E-state index in [1.54, 1.807) is 13.8 Å². The summed E-state index contributed by atoms with van der Waals surface area (Å²) in [7, 11) is 0. The molecular weight excluding hydrogens is 522 g/mol. The van der Waals surface area contributed by atoms with Crippen LogP contribution in [-0.2, 0) is 21.4 Å². The van der Waals surface area contributed by atoms with E-state index in [9.17, 15) is 35.9 Å². The number of rotatable bonds is 8. The lowest BCUT2D eigenvalue weighted by atomic mass is 10.0. The molecule has 1 aromatic heterocycles. The third-order valence-electron chi connectivity index (χ3n) is 6.66. The van der Waals surface area contributed by atoms with Gasteiger partial charge in [-0.3, -0.25) is 4.79 Å². The Morgan fingerprint density at radius 2 is 1.87 bits per heavy atom. The number of carbonyl (C=O) groups excluding carboxylic acids is 2. The van der Waals surface area contributed by atoms with Crippen molar-refractivity contribution in [3.05, 3.63) is 46.9 Å². The SMILES string of the molecule is CC(C)OC(=O)N[C@@H](CC(=O)N1CCC[C@H]1c1noc(C2(C(F)(F)F)CC2)n1)Cc1cc(F)c(F)cc1F. The molecule has 0 unspecified atom stereocenters. The summed E-state index contributed by atoms with van der Waals surface area (Å²) < 4.78 is 91.7. The number of alkyl carbamates (subject to hydrolysis) is 1. The van der Waals surface area contributed by atoms with Gasteiger partial charge >= 0.3 is 12.3 Å². The first-order chi connectivity index (χ1) is 17.8. The van der Waals surface area contributed by atoms with Gasteiger partial charge in [-0.25, -0.2) is 18.0 Å². The average Bonchev–Trinajstić information content (AvgIpc) is 3.24. The fourth-order valence-electron chi connectivity index (χ4n) is 4.54. The zero-order valence-corrected chi connectivity index (χ0v) is 20.6. The van der Waals surface area contributed by atoms with E-state index in [2.05, 4.69) is 15.5 Å². The third-order valence-corrected chi connectivity index (χ3v) is 6.66. The number of aromatic nitrogens is 2. The Morgan fingerprint density at radius 3 is 2.50 bits per heavy atom. The van der Waals surface area contributed by atoms with Crippen molar-refractivity contribution in [2.45, 2.75) is 82.2 Å². The first-order valence-electron chi connectivity index (χ1n) is 12.1. The van der Waals surface area contributed by atoms with Gasteiger partial charge in [-0.2, -0.15) is 18.2 Å². The molecule has 1 aromatic carbocycles. The van der Waals surface area contributed by atoms with Crippen molar-refractivity contribution in [2.24, 2.45) is 0 Å². The van der Waals surface area contributed by atoms with Gasteiger partial charge in [0, 0.05) is 25.1 Å². The maximum atomic E-state index is 14.3. The number of halogens is 6. The van der Waals surface area contributed by atoms with Crippen molar-refractivity contribution >= 4 is 12.0 Å². The van der Waals surface area contributed by atoms with Crippen molar-refractivity contribution < 1.29 is 45.2 Å². The van der Waals surface area contributed by atoms with Gasteiger partial charge in [-0.05, 0) is 57.6 Å². The number of likely N-dealkylation sites (tertiary alicyclic amines) is 1. The van der Waals surface area contributed by atoms with Crippen LogP contribution >= 0.6 is 0 Å². The topological polar surface area (TPSA) is 97.6 Å². The molecule has 4 rings (SSSR count). The molecule has 2 aliphatic rings. The molecule has 1 aliphatic carbocycles. The summed E-state index contributed by atoms with van der Waals surface area (Å²) in [5.41, 5.74) is -2.43. The van der Waals surface area contributed by atoms with Crippen molar-refractivity contribution in [3.63, 3.8) is 0 Å². The third kappa shape index (κ3) is 5.73. The number of benzene rings is 1. The van der Waals surface area contributed by atoms with Gasteiger partial charge in [-0.1, -0.05) is 5.16 Å². The quantitative estimate of drug-likeness (QED) is 0.373. The summed E-state index contributed by atoms with van der Waals surface area (Å²) in [4.78, 5) is 30.8. The molecule has 0 spiro atoms. The van der Waals surface area contributed by atoms with Gasteiger partial charge in [0.25, 0.3) is 0 Å². The van der Waals surface area contributed by atoms with E-state index in [1.807, 2.05) is 0 Å². The smallest absolute Gasteiger partial charge is 0.407 e. The Kier molecular flexibility index (Phi) is 7.62. The van der Waals surface area contributed by atoms with Crippen LogP contribution in [0.3, 0.4) is 0 Å². The average molecular weight is 548 g/mol. The second kappa shape index (κ2) is 10.4. The van der Waals surface area contributed by atoms with Crippen LogP contribution in [0.5, 0.6) is 0 Å². The lowest BCUT2D eigenvalue weighted by Crippen LogP contribution is -2.42. The van der Waals surface area contributed by atoms with E-state index in [0.29, 0.717) is 25.0 Å². The van der Waals surface area contributed by atoms with Crippen LogP contribution in [0, 0.1) is 17.5 Å². The highest BCUT2D eigenvalue weighted by Gasteiger charge is 2.68. The molecule has 1 saturated heterocycles. The van der Waals surface area contributed by atoms with Crippen LogP contribution in [0.25, 0.3) is 0 Å². The number of alkyl halides is 3. The van der Waals surface area contributed by atoms with E-state index in [4.69, 9.17) is 9.26 Å². The molecule has 0 radical (unpaired) electrons. The fraction of sp³-hybridized carbons (Fsp3) is 0.583. The van der Waals surface area contributed by atoms with E-state index >= 15 is 0 Å². The van der Waals surface area contributed by atoms with E-state index in [0.717, 1.165) is 0 Å². The van der Waals surface area contributed by atoms with Crippen molar-refractivity contribution in [1.29, 1.82) is 0 Å². The molecule has 1 saturated carbocycles. The first kappa shape index (κ1) is 27.7. The highest BCUT2D eigenvalue weighted by atomic mass is 19.4. The molecule has 1 N–H and O–H groups in total. The second-order valence-electron chi connectivity index (χ2n) is 9.84. The molecule has 1 aliphatic heterocycles. The summed E-state index contributed by atoms with van der Waals surface area (Å²) >= 11 is 0. The zero-order valence-electron chi connectivity index (χ0n) is 20.6. The van der Waals surface area contributed by atoms with Crippen LogP contribution in [0.1, 0.15) is 69.3 Å². The van der Waals surface area contributed by atoms with Gasteiger partial charge in [0.1, 0.15) is 11.2 Å². The van der Waals surface area contributed by atoms with Crippen LogP contribution < -0.4 is 5.32 Å². The summed E-state index contributed by atoms with van der Waals surface area (Å²) in [6.45, 7) is 3.42. The molecule has 2 amide bonds. The number of ether oxygens (including phenoxy) is 1. The molecule has 2 heterocycles. The molecule has 2 fully saturated rings. The second-order valence-corrected chi connectivity index (χ2v) is 9.84. The molecule has 208 valence electrons. The fourth-order valence-corrected chi connectivity index (χ4v) is 4.54. The molecule has 14 heteroatoms.